The minimum atomic E-state index is -0.693. The Kier molecular flexibility index (Phi) is 5.62. The molecule has 2 atom stereocenters. The topological polar surface area (TPSA) is 71.3 Å². The summed E-state index contributed by atoms with van der Waals surface area (Å²) in [5.74, 6) is 0.0316. The Bertz CT molecular complexity index is 1620. The van der Waals surface area contributed by atoms with Crippen LogP contribution >= 0.6 is 23.2 Å². The van der Waals surface area contributed by atoms with Crippen LogP contribution in [-0.4, -0.2) is 5.78 Å². The van der Waals surface area contributed by atoms with Crippen LogP contribution in [0.15, 0.2) is 87.4 Å². The minimum Gasteiger partial charge on any atom is -0.462 e. The van der Waals surface area contributed by atoms with Crippen molar-refractivity contribution in [1.82, 2.24) is 0 Å². The van der Waals surface area contributed by atoms with Gasteiger partial charge in [-0.15, -0.1) is 0 Å². The second-order valence-electron chi connectivity index (χ2n) is 9.36. The number of hydrogen-bond acceptors (Lipinski definition) is 5. The van der Waals surface area contributed by atoms with Crippen LogP contribution < -0.4 is 16.1 Å². The van der Waals surface area contributed by atoms with E-state index in [2.05, 4.69) is 34.9 Å². The van der Waals surface area contributed by atoms with Crippen LogP contribution in [-0.2, 0) is 4.79 Å². The van der Waals surface area contributed by atoms with Crippen molar-refractivity contribution in [1.29, 1.82) is 0 Å². The van der Waals surface area contributed by atoms with Gasteiger partial charge in [0.15, 0.2) is 16.8 Å². The van der Waals surface area contributed by atoms with Crippen molar-refractivity contribution >= 4 is 51.3 Å². The first kappa shape index (κ1) is 22.9. The first-order valence-corrected chi connectivity index (χ1v) is 12.5. The molecular formula is C29H22Cl2N2O3. The van der Waals surface area contributed by atoms with Crippen molar-refractivity contribution in [2.45, 2.75) is 31.7 Å². The highest BCUT2D eigenvalue weighted by molar-refractivity contribution is 6.38. The highest BCUT2D eigenvalue weighted by Gasteiger charge is 2.37. The molecule has 0 saturated carbocycles. The molecule has 2 aliphatic rings. The number of ketones is 1. The van der Waals surface area contributed by atoms with Crippen LogP contribution in [0.4, 0.5) is 11.4 Å². The summed E-state index contributed by atoms with van der Waals surface area (Å²) >= 11 is 12.5. The average Bonchev–Trinajstić information content (AvgIpc) is 3.02. The van der Waals surface area contributed by atoms with Crippen molar-refractivity contribution in [2.75, 3.05) is 10.6 Å². The zero-order chi connectivity index (χ0) is 25.0. The van der Waals surface area contributed by atoms with Crippen LogP contribution in [0.1, 0.15) is 41.5 Å². The van der Waals surface area contributed by atoms with Gasteiger partial charge < -0.3 is 15.1 Å². The fourth-order valence-electron chi connectivity index (χ4n) is 5.18. The molecule has 0 radical (unpaired) electrons. The van der Waals surface area contributed by atoms with Gasteiger partial charge in [0.1, 0.15) is 6.26 Å². The average molecular weight is 517 g/mol. The predicted molar refractivity (Wildman–Crippen MR) is 144 cm³/mol. The maximum Gasteiger partial charge on any atom is 0.198 e. The molecule has 0 fully saturated rings. The smallest absolute Gasteiger partial charge is 0.198 e. The van der Waals surface area contributed by atoms with E-state index in [0.717, 1.165) is 22.6 Å². The molecule has 2 heterocycles. The third kappa shape index (κ3) is 3.89. The Labute approximate surface area is 217 Å². The lowest BCUT2D eigenvalue weighted by molar-refractivity contribution is -0.116. The first-order chi connectivity index (χ1) is 17.4. The van der Waals surface area contributed by atoms with Crippen molar-refractivity contribution < 1.29 is 9.21 Å². The summed E-state index contributed by atoms with van der Waals surface area (Å²) in [6.45, 7) is 2.05. The second-order valence-corrected chi connectivity index (χ2v) is 10.2. The van der Waals surface area contributed by atoms with Gasteiger partial charge in [-0.05, 0) is 49.1 Å². The number of fused-ring (bicyclic) bond motifs is 2. The van der Waals surface area contributed by atoms with Crippen LogP contribution in [0.5, 0.6) is 0 Å². The Morgan fingerprint density at radius 2 is 1.69 bits per heavy atom. The SMILES string of the molecule is Cc1ccc(C2CC(=O)C3=C(C2)Nc2ccccc2NC3c2coc3c(Cl)cc(Cl)cc3c2=O)cc1. The predicted octanol–water partition coefficient (Wildman–Crippen LogP) is 7.39. The van der Waals surface area contributed by atoms with Crippen molar-refractivity contribution in [3.05, 3.63) is 115 Å². The van der Waals surface area contributed by atoms with E-state index in [0.29, 0.717) is 29.0 Å². The Balaban J connectivity index is 1.52. The number of para-hydroxylation sites is 2. The molecule has 0 bridgehead atoms. The molecule has 6 rings (SSSR count). The van der Waals surface area contributed by atoms with Gasteiger partial charge in [-0.1, -0.05) is 65.2 Å². The van der Waals surface area contributed by atoms with Gasteiger partial charge in [0.05, 0.1) is 33.4 Å². The first-order valence-electron chi connectivity index (χ1n) is 11.7. The molecular weight excluding hydrogens is 495 g/mol. The number of aryl methyl sites for hydroxylation is 1. The molecule has 1 aliphatic heterocycles. The van der Waals surface area contributed by atoms with E-state index in [1.165, 1.54) is 17.9 Å². The van der Waals surface area contributed by atoms with Gasteiger partial charge in [-0.25, -0.2) is 0 Å². The van der Waals surface area contributed by atoms with Gasteiger partial charge in [0.25, 0.3) is 0 Å². The molecule has 0 spiro atoms. The van der Waals surface area contributed by atoms with Crippen molar-refractivity contribution in [3.63, 3.8) is 0 Å². The standard InChI is InChI=1S/C29H22Cl2N2O3/c1-15-6-8-16(9-7-15)17-10-24-26(25(34)11-17)27(33-23-5-3-2-4-22(23)32-24)20-14-36-29-19(28(20)35)12-18(30)13-21(29)31/h2-9,12-14,17,27,32-33H,10-11H2,1H3. The number of carbonyl (C=O) groups excluding carboxylic acids is 1. The molecule has 1 aromatic heterocycles. The second kappa shape index (κ2) is 8.84. The highest BCUT2D eigenvalue weighted by atomic mass is 35.5. The molecule has 2 unspecified atom stereocenters. The monoisotopic (exact) mass is 516 g/mol. The summed E-state index contributed by atoms with van der Waals surface area (Å²) in [6, 6.07) is 18.4. The van der Waals surface area contributed by atoms with Gasteiger partial charge in [0, 0.05) is 22.7 Å². The third-order valence-electron chi connectivity index (χ3n) is 6.99. The number of allylic oxidation sites excluding steroid dienone is 1. The normalized spacial score (nSPS) is 19.2. The van der Waals surface area contributed by atoms with Crippen molar-refractivity contribution in [3.8, 4) is 0 Å². The number of hydrogen-bond donors (Lipinski definition) is 2. The lowest BCUT2D eigenvalue weighted by Gasteiger charge is -2.29. The highest BCUT2D eigenvalue weighted by Crippen LogP contribution is 2.44. The number of nitrogens with one attached hydrogen (secondary N) is 2. The molecule has 4 aromatic rings. The van der Waals surface area contributed by atoms with Crippen molar-refractivity contribution in [2.24, 2.45) is 0 Å². The lowest BCUT2D eigenvalue weighted by Crippen LogP contribution is -2.29. The van der Waals surface area contributed by atoms with Crippen LogP contribution in [0.2, 0.25) is 10.0 Å². The van der Waals surface area contributed by atoms with Crippen LogP contribution in [0.25, 0.3) is 11.0 Å². The zero-order valence-corrected chi connectivity index (χ0v) is 20.9. The summed E-state index contributed by atoms with van der Waals surface area (Å²) in [5, 5.41) is 7.81. The summed E-state index contributed by atoms with van der Waals surface area (Å²) in [4.78, 5) is 27.4. The Morgan fingerprint density at radius 3 is 2.47 bits per heavy atom. The van der Waals surface area contributed by atoms with Crippen LogP contribution in [0, 0.1) is 6.92 Å². The lowest BCUT2D eigenvalue weighted by atomic mass is 9.78. The molecule has 0 saturated heterocycles. The number of rotatable bonds is 2. The van der Waals surface area contributed by atoms with E-state index >= 15 is 0 Å². The van der Waals surface area contributed by atoms with Gasteiger partial charge in [-0.3, -0.25) is 9.59 Å². The van der Waals surface area contributed by atoms with E-state index in [4.69, 9.17) is 27.6 Å². The molecule has 1 aliphatic carbocycles. The molecule has 3 aromatic carbocycles. The van der Waals surface area contributed by atoms with Crippen LogP contribution in [0.3, 0.4) is 0 Å². The minimum absolute atomic E-state index is 0.0109. The van der Waals surface area contributed by atoms with E-state index < -0.39 is 6.04 Å². The zero-order valence-electron chi connectivity index (χ0n) is 19.4. The fourth-order valence-corrected chi connectivity index (χ4v) is 5.72. The maximum absolute atomic E-state index is 13.7. The van der Waals surface area contributed by atoms with Gasteiger partial charge >= 0.3 is 0 Å². The van der Waals surface area contributed by atoms with Gasteiger partial charge in [0.2, 0.25) is 0 Å². The van der Waals surface area contributed by atoms with E-state index in [1.807, 2.05) is 31.2 Å². The molecule has 180 valence electrons. The molecule has 5 nitrogen and oxygen atoms in total. The number of carbonyl (C=O) groups is 1. The molecule has 2 N–H and O–H groups in total. The molecule has 36 heavy (non-hydrogen) atoms. The van der Waals surface area contributed by atoms with E-state index in [9.17, 15) is 9.59 Å². The molecule has 7 heteroatoms. The largest absolute Gasteiger partial charge is 0.462 e. The van der Waals surface area contributed by atoms with E-state index in [-0.39, 0.29) is 33.1 Å². The number of anilines is 2. The van der Waals surface area contributed by atoms with Gasteiger partial charge in [-0.2, -0.15) is 0 Å². The fraction of sp³-hybridized carbons (Fsp3) is 0.172. The Hall–Kier alpha value is -3.54. The number of benzene rings is 3. The quantitative estimate of drug-likeness (QED) is 0.290. The number of Topliss-reactive ketones (excluding diaryl/α,β-unsaturated/α-hetero) is 1. The third-order valence-corrected chi connectivity index (χ3v) is 7.49. The summed E-state index contributed by atoms with van der Waals surface area (Å²) in [5.41, 5.74) is 5.62. The summed E-state index contributed by atoms with van der Waals surface area (Å²) in [7, 11) is 0. The maximum atomic E-state index is 13.7. The Morgan fingerprint density at radius 1 is 0.944 bits per heavy atom. The number of halogens is 2. The van der Waals surface area contributed by atoms with E-state index in [1.54, 1.807) is 6.07 Å². The summed E-state index contributed by atoms with van der Waals surface area (Å²) in [6.07, 6.45) is 2.40. The summed E-state index contributed by atoms with van der Waals surface area (Å²) < 4.78 is 5.82. The molecule has 0 amide bonds.